The minimum absolute atomic E-state index is 0.196. The zero-order valence-corrected chi connectivity index (χ0v) is 14.7. The lowest BCUT2D eigenvalue weighted by molar-refractivity contribution is -0.116. The highest BCUT2D eigenvalue weighted by Gasteiger charge is 2.40. The average Bonchev–Trinajstić information content (AvgIpc) is 2.66. The number of ketones is 2. The first-order chi connectivity index (χ1) is 12.7. The molecule has 1 aliphatic heterocycles. The summed E-state index contributed by atoms with van der Waals surface area (Å²) in [7, 11) is 0. The van der Waals surface area contributed by atoms with Gasteiger partial charge in [-0.25, -0.2) is 0 Å². The summed E-state index contributed by atoms with van der Waals surface area (Å²) in [6.07, 6.45) is 4.74. The molecule has 0 saturated carbocycles. The summed E-state index contributed by atoms with van der Waals surface area (Å²) < 4.78 is 0. The van der Waals surface area contributed by atoms with Crippen LogP contribution in [0, 0.1) is 0 Å². The Morgan fingerprint density at radius 1 is 0.731 bits per heavy atom. The highest BCUT2D eigenvalue weighted by Crippen LogP contribution is 2.46. The maximum Gasteiger partial charge on any atom is 0.161 e. The molecule has 1 N–H and O–H groups in total. The van der Waals surface area contributed by atoms with Gasteiger partial charge in [-0.15, -0.1) is 0 Å². The molecule has 0 bridgehead atoms. The van der Waals surface area contributed by atoms with Gasteiger partial charge >= 0.3 is 0 Å². The molecule has 0 radical (unpaired) electrons. The molecule has 3 heteroatoms. The van der Waals surface area contributed by atoms with Crippen molar-refractivity contribution in [3.8, 4) is 0 Å². The van der Waals surface area contributed by atoms with Gasteiger partial charge in [0.1, 0.15) is 0 Å². The van der Waals surface area contributed by atoms with E-state index < -0.39 is 0 Å². The minimum Gasteiger partial charge on any atom is -0.362 e. The van der Waals surface area contributed by atoms with E-state index in [1.807, 2.05) is 18.2 Å². The van der Waals surface area contributed by atoms with Gasteiger partial charge in [-0.1, -0.05) is 42.5 Å². The molecule has 0 amide bonds. The van der Waals surface area contributed by atoms with E-state index in [0.29, 0.717) is 12.8 Å². The fraction of sp³-hybridized carbons (Fsp3) is 0.304. The Morgan fingerprint density at radius 2 is 1.35 bits per heavy atom. The molecule has 0 aromatic heterocycles. The number of carbonyl (C=O) groups is 2. The van der Waals surface area contributed by atoms with Gasteiger partial charge in [-0.05, 0) is 42.0 Å². The van der Waals surface area contributed by atoms with E-state index in [1.54, 1.807) is 0 Å². The molecule has 3 nitrogen and oxygen atoms in total. The normalized spacial score (nSPS) is 20.9. The zero-order chi connectivity index (χ0) is 17.7. The number of hydrogen-bond acceptors (Lipinski definition) is 3. The number of nitrogens with one attached hydrogen (secondary N) is 1. The summed E-state index contributed by atoms with van der Waals surface area (Å²) in [6.45, 7) is 0. The lowest BCUT2D eigenvalue weighted by Gasteiger charge is -2.37. The van der Waals surface area contributed by atoms with E-state index in [-0.39, 0.29) is 17.5 Å². The van der Waals surface area contributed by atoms with Gasteiger partial charge in [0.25, 0.3) is 0 Å². The number of hydrogen-bond donors (Lipinski definition) is 1. The smallest absolute Gasteiger partial charge is 0.161 e. The molecule has 0 atom stereocenters. The van der Waals surface area contributed by atoms with E-state index in [0.717, 1.165) is 64.6 Å². The van der Waals surface area contributed by atoms with Crippen molar-refractivity contribution in [1.29, 1.82) is 0 Å². The molecule has 0 unspecified atom stereocenters. The van der Waals surface area contributed by atoms with E-state index in [4.69, 9.17) is 0 Å². The molecule has 3 aliphatic rings. The molecule has 5 rings (SSSR count). The number of fused-ring (bicyclic) bond motifs is 1. The molecule has 2 aromatic carbocycles. The van der Waals surface area contributed by atoms with Gasteiger partial charge in [-0.2, -0.15) is 0 Å². The van der Waals surface area contributed by atoms with Crippen molar-refractivity contribution in [3.05, 3.63) is 70.6 Å². The Kier molecular flexibility index (Phi) is 3.56. The first-order valence-corrected chi connectivity index (χ1v) is 9.51. The summed E-state index contributed by atoms with van der Waals surface area (Å²) in [5, 5.41) is 5.77. The van der Waals surface area contributed by atoms with E-state index >= 15 is 0 Å². The molecular formula is C23H21NO2. The first kappa shape index (κ1) is 15.6. The second kappa shape index (κ2) is 5.94. The van der Waals surface area contributed by atoms with Crippen LogP contribution < -0.4 is 5.32 Å². The van der Waals surface area contributed by atoms with Crippen LogP contribution in [0.5, 0.6) is 0 Å². The number of carbonyl (C=O) groups excluding carboxylic acids is 2. The Morgan fingerprint density at radius 3 is 2.04 bits per heavy atom. The van der Waals surface area contributed by atoms with Crippen LogP contribution in [0.1, 0.15) is 50.0 Å². The van der Waals surface area contributed by atoms with E-state index in [1.165, 1.54) is 0 Å². The van der Waals surface area contributed by atoms with Crippen LogP contribution in [0.4, 0.5) is 0 Å². The third-order valence-corrected chi connectivity index (χ3v) is 5.93. The largest absolute Gasteiger partial charge is 0.362 e. The van der Waals surface area contributed by atoms with Gasteiger partial charge in [0.05, 0.1) is 0 Å². The molecule has 130 valence electrons. The summed E-state index contributed by atoms with van der Waals surface area (Å²) in [6, 6.07) is 14.5. The second-order valence-electron chi connectivity index (χ2n) is 7.46. The maximum absolute atomic E-state index is 12.9. The highest BCUT2D eigenvalue weighted by atomic mass is 16.1. The first-order valence-electron chi connectivity index (χ1n) is 9.51. The van der Waals surface area contributed by atoms with Crippen molar-refractivity contribution in [2.75, 3.05) is 0 Å². The van der Waals surface area contributed by atoms with Crippen molar-refractivity contribution in [3.63, 3.8) is 0 Å². The van der Waals surface area contributed by atoms with Gasteiger partial charge in [0.2, 0.25) is 0 Å². The minimum atomic E-state index is -0.215. The van der Waals surface area contributed by atoms with Crippen molar-refractivity contribution >= 4 is 22.3 Å². The molecule has 0 saturated heterocycles. The molecule has 0 spiro atoms. The maximum atomic E-state index is 12.9. The Balaban J connectivity index is 1.80. The summed E-state index contributed by atoms with van der Waals surface area (Å²) in [5.74, 6) is 0.177. The van der Waals surface area contributed by atoms with Crippen LogP contribution in [-0.4, -0.2) is 11.6 Å². The van der Waals surface area contributed by atoms with Crippen molar-refractivity contribution in [2.45, 2.75) is 44.4 Å². The third-order valence-electron chi connectivity index (χ3n) is 5.93. The Hall–Kier alpha value is -2.68. The lowest BCUT2D eigenvalue weighted by atomic mass is 9.71. The number of benzene rings is 2. The fourth-order valence-electron chi connectivity index (χ4n) is 4.80. The van der Waals surface area contributed by atoms with Crippen molar-refractivity contribution in [1.82, 2.24) is 5.32 Å². The Bertz CT molecular complexity index is 965. The summed E-state index contributed by atoms with van der Waals surface area (Å²) >= 11 is 0. The van der Waals surface area contributed by atoms with Crippen LogP contribution in [0.3, 0.4) is 0 Å². The lowest BCUT2D eigenvalue weighted by Crippen LogP contribution is -2.36. The summed E-state index contributed by atoms with van der Waals surface area (Å²) in [4.78, 5) is 25.8. The van der Waals surface area contributed by atoms with Gasteiger partial charge in [0.15, 0.2) is 11.6 Å². The van der Waals surface area contributed by atoms with Gasteiger partial charge in [0, 0.05) is 41.3 Å². The molecule has 2 aromatic rings. The molecule has 26 heavy (non-hydrogen) atoms. The van der Waals surface area contributed by atoms with Crippen LogP contribution in [0.2, 0.25) is 0 Å². The van der Waals surface area contributed by atoms with Gasteiger partial charge < -0.3 is 5.32 Å². The number of rotatable bonds is 1. The molecule has 2 aliphatic carbocycles. The fourth-order valence-corrected chi connectivity index (χ4v) is 4.80. The van der Waals surface area contributed by atoms with E-state index in [9.17, 15) is 9.59 Å². The molecule has 0 fully saturated rings. The molecular weight excluding hydrogens is 322 g/mol. The van der Waals surface area contributed by atoms with Crippen LogP contribution in [0.25, 0.3) is 10.8 Å². The number of dihydropyridines is 1. The predicted molar refractivity (Wildman–Crippen MR) is 102 cm³/mol. The van der Waals surface area contributed by atoms with Crippen LogP contribution in [-0.2, 0) is 9.59 Å². The van der Waals surface area contributed by atoms with Gasteiger partial charge in [-0.3, -0.25) is 9.59 Å². The highest BCUT2D eigenvalue weighted by molar-refractivity contribution is 6.07. The topological polar surface area (TPSA) is 46.2 Å². The average molecular weight is 343 g/mol. The van der Waals surface area contributed by atoms with Crippen molar-refractivity contribution < 1.29 is 9.59 Å². The standard InChI is InChI=1S/C23H21NO2/c25-19-12-4-10-17-22(19)21(23-18(24-17)11-5-13-20(23)26)16-9-3-7-14-6-1-2-8-15(14)16/h1-3,6-9,21,24H,4-5,10-13H2. The van der Waals surface area contributed by atoms with Crippen molar-refractivity contribution in [2.24, 2.45) is 0 Å². The predicted octanol–water partition coefficient (Wildman–Crippen LogP) is 4.54. The SMILES string of the molecule is O=C1CCCC2=C1C(c1cccc3ccccc13)C1=C(CCCC1=O)N2. The number of allylic oxidation sites excluding steroid dienone is 4. The van der Waals surface area contributed by atoms with E-state index in [2.05, 4.69) is 29.6 Å². The summed E-state index contributed by atoms with van der Waals surface area (Å²) in [5.41, 5.74) is 4.86. The molecule has 1 heterocycles. The quantitative estimate of drug-likeness (QED) is 0.827. The second-order valence-corrected chi connectivity index (χ2v) is 7.46. The third kappa shape index (κ3) is 2.27. The zero-order valence-electron chi connectivity index (χ0n) is 14.7. The monoisotopic (exact) mass is 343 g/mol. The van der Waals surface area contributed by atoms with Crippen LogP contribution in [0.15, 0.2) is 65.0 Å². The van der Waals surface area contributed by atoms with Crippen LogP contribution >= 0.6 is 0 Å². The Labute approximate surface area is 152 Å². The number of Topliss-reactive ketones (excluding diaryl/α,β-unsaturated/α-hetero) is 2.